The summed E-state index contributed by atoms with van der Waals surface area (Å²) >= 11 is 7.97. The summed E-state index contributed by atoms with van der Waals surface area (Å²) in [6.07, 6.45) is 1.70. The molecule has 1 aromatic carbocycles. The van der Waals surface area contributed by atoms with Gasteiger partial charge in [-0.25, -0.2) is 0 Å². The molecule has 1 atom stereocenters. The fraction of sp³-hybridized carbons (Fsp3) is 0.600. The van der Waals surface area contributed by atoms with Crippen LogP contribution < -0.4 is 10.1 Å². The molecule has 20 heavy (non-hydrogen) atoms. The van der Waals surface area contributed by atoms with Crippen molar-refractivity contribution in [1.82, 2.24) is 5.32 Å². The molecule has 0 saturated carbocycles. The molecule has 5 heteroatoms. The van der Waals surface area contributed by atoms with Crippen LogP contribution in [0.2, 0.25) is 5.02 Å². The van der Waals surface area contributed by atoms with Gasteiger partial charge in [0, 0.05) is 23.2 Å². The van der Waals surface area contributed by atoms with Crippen LogP contribution in [0.25, 0.3) is 0 Å². The van der Waals surface area contributed by atoms with Crippen molar-refractivity contribution in [3.05, 3.63) is 28.8 Å². The maximum atomic E-state index is 10.5. The molecule has 1 saturated heterocycles. The van der Waals surface area contributed by atoms with E-state index >= 15 is 0 Å². The van der Waals surface area contributed by atoms with Crippen molar-refractivity contribution in [2.24, 2.45) is 0 Å². The van der Waals surface area contributed by atoms with Gasteiger partial charge in [0.2, 0.25) is 0 Å². The number of hydrogen-bond acceptors (Lipinski definition) is 4. The van der Waals surface area contributed by atoms with Gasteiger partial charge in [-0.1, -0.05) is 11.6 Å². The van der Waals surface area contributed by atoms with Gasteiger partial charge < -0.3 is 15.2 Å². The largest absolute Gasteiger partial charge is 0.496 e. The van der Waals surface area contributed by atoms with E-state index in [2.05, 4.69) is 12.2 Å². The lowest BCUT2D eigenvalue weighted by Gasteiger charge is -2.33. The van der Waals surface area contributed by atoms with Crippen molar-refractivity contribution in [3.8, 4) is 5.75 Å². The van der Waals surface area contributed by atoms with Gasteiger partial charge in [-0.15, -0.1) is 0 Å². The zero-order chi connectivity index (χ0) is 14.6. The molecule has 1 heterocycles. The predicted molar refractivity (Wildman–Crippen MR) is 85.9 cm³/mol. The van der Waals surface area contributed by atoms with E-state index in [1.165, 1.54) is 0 Å². The Morgan fingerprint density at radius 1 is 1.45 bits per heavy atom. The summed E-state index contributed by atoms with van der Waals surface area (Å²) < 4.78 is 5.37. The third-order valence-corrected chi connectivity index (χ3v) is 5.04. The molecule has 0 amide bonds. The number of rotatable bonds is 5. The minimum absolute atomic E-state index is 0.0854. The number of benzene rings is 1. The summed E-state index contributed by atoms with van der Waals surface area (Å²) in [6, 6.07) is 5.70. The summed E-state index contributed by atoms with van der Waals surface area (Å²) in [5, 5.41) is 14.6. The van der Waals surface area contributed by atoms with Crippen LogP contribution in [0.15, 0.2) is 18.2 Å². The number of hydrogen-bond donors (Lipinski definition) is 2. The van der Waals surface area contributed by atoms with Gasteiger partial charge in [-0.2, -0.15) is 11.8 Å². The van der Waals surface area contributed by atoms with Gasteiger partial charge in [0.15, 0.2) is 0 Å². The zero-order valence-corrected chi connectivity index (χ0v) is 13.6. The molecule has 1 aromatic rings. The molecule has 0 spiro atoms. The average Bonchev–Trinajstić information content (AvgIpc) is 2.45. The van der Waals surface area contributed by atoms with Crippen molar-refractivity contribution in [1.29, 1.82) is 0 Å². The Kier molecular flexibility index (Phi) is 5.61. The second-order valence-electron chi connectivity index (χ2n) is 5.33. The molecule has 1 unspecified atom stereocenters. The van der Waals surface area contributed by atoms with Gasteiger partial charge in [0.25, 0.3) is 0 Å². The standard InChI is InChI=1S/C15H22ClNO2S/c1-11(13-9-12(16)3-4-14(13)19-2)17-10-15(18)5-7-20-8-6-15/h3-4,9,11,17-18H,5-8,10H2,1-2H3. The fourth-order valence-corrected chi connectivity index (χ4v) is 3.86. The summed E-state index contributed by atoms with van der Waals surface area (Å²) in [4.78, 5) is 0. The summed E-state index contributed by atoms with van der Waals surface area (Å²) in [7, 11) is 1.66. The maximum absolute atomic E-state index is 10.5. The second kappa shape index (κ2) is 7.03. The van der Waals surface area contributed by atoms with Crippen molar-refractivity contribution < 1.29 is 9.84 Å². The Labute approximate surface area is 130 Å². The van der Waals surface area contributed by atoms with Crippen LogP contribution in [-0.2, 0) is 0 Å². The highest BCUT2D eigenvalue weighted by atomic mass is 35.5. The van der Waals surface area contributed by atoms with E-state index in [4.69, 9.17) is 16.3 Å². The number of halogens is 1. The molecule has 1 aliphatic rings. The summed E-state index contributed by atoms with van der Waals surface area (Å²) in [5.74, 6) is 2.89. The smallest absolute Gasteiger partial charge is 0.123 e. The predicted octanol–water partition coefficient (Wildman–Crippen LogP) is 3.26. The SMILES string of the molecule is COc1ccc(Cl)cc1C(C)NCC1(O)CCSCC1. The first-order chi connectivity index (χ1) is 9.54. The van der Waals surface area contributed by atoms with Crippen LogP contribution in [-0.4, -0.2) is 35.9 Å². The van der Waals surface area contributed by atoms with E-state index in [-0.39, 0.29) is 6.04 Å². The van der Waals surface area contributed by atoms with Crippen LogP contribution in [0.1, 0.15) is 31.4 Å². The van der Waals surface area contributed by atoms with Crippen LogP contribution >= 0.6 is 23.4 Å². The van der Waals surface area contributed by atoms with Crippen molar-refractivity contribution in [2.45, 2.75) is 31.4 Å². The molecule has 2 N–H and O–H groups in total. The lowest BCUT2D eigenvalue weighted by molar-refractivity contribution is 0.0300. The molecule has 2 rings (SSSR count). The summed E-state index contributed by atoms with van der Waals surface area (Å²) in [5.41, 5.74) is 0.444. The minimum Gasteiger partial charge on any atom is -0.496 e. The van der Waals surface area contributed by atoms with Crippen LogP contribution in [0.5, 0.6) is 5.75 Å². The molecule has 112 valence electrons. The number of thioether (sulfide) groups is 1. The maximum Gasteiger partial charge on any atom is 0.123 e. The topological polar surface area (TPSA) is 41.5 Å². The Balaban J connectivity index is 2.00. The Bertz CT molecular complexity index is 449. The van der Waals surface area contributed by atoms with Crippen molar-refractivity contribution in [3.63, 3.8) is 0 Å². The zero-order valence-electron chi connectivity index (χ0n) is 12.0. The van der Waals surface area contributed by atoms with E-state index in [0.717, 1.165) is 35.7 Å². The highest BCUT2D eigenvalue weighted by Crippen LogP contribution is 2.30. The van der Waals surface area contributed by atoms with Gasteiger partial charge in [0.1, 0.15) is 5.75 Å². The van der Waals surface area contributed by atoms with E-state index in [0.29, 0.717) is 11.6 Å². The Morgan fingerprint density at radius 3 is 2.80 bits per heavy atom. The molecular weight excluding hydrogens is 294 g/mol. The third kappa shape index (κ3) is 4.04. The lowest BCUT2D eigenvalue weighted by atomic mass is 9.96. The van der Waals surface area contributed by atoms with E-state index in [1.807, 2.05) is 30.0 Å². The molecule has 0 aromatic heterocycles. The van der Waals surface area contributed by atoms with E-state index in [9.17, 15) is 5.11 Å². The molecule has 1 aliphatic heterocycles. The van der Waals surface area contributed by atoms with Gasteiger partial charge in [-0.3, -0.25) is 0 Å². The Hall–Kier alpha value is -0.420. The quantitative estimate of drug-likeness (QED) is 0.875. The number of ether oxygens (including phenoxy) is 1. The lowest BCUT2D eigenvalue weighted by Crippen LogP contribution is -2.44. The minimum atomic E-state index is -0.578. The highest BCUT2D eigenvalue weighted by molar-refractivity contribution is 7.99. The first-order valence-electron chi connectivity index (χ1n) is 6.91. The van der Waals surface area contributed by atoms with Gasteiger partial charge >= 0.3 is 0 Å². The normalized spacial score (nSPS) is 19.6. The number of methoxy groups -OCH3 is 1. The molecule has 0 radical (unpaired) electrons. The summed E-state index contributed by atoms with van der Waals surface area (Å²) in [6.45, 7) is 2.67. The van der Waals surface area contributed by atoms with Crippen LogP contribution in [0.3, 0.4) is 0 Å². The highest BCUT2D eigenvalue weighted by Gasteiger charge is 2.29. The third-order valence-electron chi connectivity index (χ3n) is 3.82. The fourth-order valence-electron chi connectivity index (χ4n) is 2.42. The molecule has 3 nitrogen and oxygen atoms in total. The molecular formula is C15H22ClNO2S. The van der Waals surface area contributed by atoms with Gasteiger partial charge in [0.05, 0.1) is 12.7 Å². The number of aliphatic hydroxyl groups is 1. The van der Waals surface area contributed by atoms with E-state index in [1.54, 1.807) is 7.11 Å². The first-order valence-corrected chi connectivity index (χ1v) is 8.44. The van der Waals surface area contributed by atoms with Crippen molar-refractivity contribution >= 4 is 23.4 Å². The monoisotopic (exact) mass is 315 g/mol. The first kappa shape index (κ1) is 16.0. The second-order valence-corrected chi connectivity index (χ2v) is 6.99. The van der Waals surface area contributed by atoms with Crippen LogP contribution in [0.4, 0.5) is 0 Å². The van der Waals surface area contributed by atoms with Gasteiger partial charge in [-0.05, 0) is 49.5 Å². The average molecular weight is 316 g/mol. The Morgan fingerprint density at radius 2 is 2.15 bits per heavy atom. The number of nitrogens with one attached hydrogen (secondary N) is 1. The molecule has 0 bridgehead atoms. The van der Waals surface area contributed by atoms with E-state index < -0.39 is 5.60 Å². The van der Waals surface area contributed by atoms with Crippen molar-refractivity contribution in [2.75, 3.05) is 25.2 Å². The molecule has 1 fully saturated rings. The molecule has 0 aliphatic carbocycles. The van der Waals surface area contributed by atoms with Crippen LogP contribution in [0, 0.1) is 0 Å².